The molecule has 0 amide bonds. The molecule has 94 valence electrons. The predicted molar refractivity (Wildman–Crippen MR) is 72.7 cm³/mol. The Labute approximate surface area is 107 Å². The second-order valence-electron chi connectivity index (χ2n) is 5.11. The van der Waals surface area contributed by atoms with Crippen molar-refractivity contribution >= 4 is 11.8 Å². The van der Waals surface area contributed by atoms with Crippen molar-refractivity contribution in [3.8, 4) is 0 Å². The second-order valence-corrected chi connectivity index (χ2v) is 6.34. The van der Waals surface area contributed by atoms with E-state index in [1.165, 1.54) is 49.4 Å². The van der Waals surface area contributed by atoms with E-state index in [0.717, 1.165) is 6.54 Å². The van der Waals surface area contributed by atoms with Crippen molar-refractivity contribution in [3.63, 3.8) is 0 Å². The highest BCUT2D eigenvalue weighted by atomic mass is 32.2. The van der Waals surface area contributed by atoms with Crippen LogP contribution in [0.5, 0.6) is 0 Å². The molecule has 3 rings (SSSR count). The second kappa shape index (κ2) is 5.44. The average Bonchev–Trinajstić information content (AvgIpc) is 2.90. The lowest BCUT2D eigenvalue weighted by molar-refractivity contribution is 0.403. The van der Waals surface area contributed by atoms with Gasteiger partial charge in [-0.05, 0) is 43.7 Å². The first kappa shape index (κ1) is 11.6. The standard InChI is InChI=1S/C13H21N3S/c1-2-11(8-14-5-1)13-9-15-10-16(13)12-3-6-17-7-4-12/h9-12,14H,1-8H2. The molecule has 3 heterocycles. The number of hydrogen-bond acceptors (Lipinski definition) is 3. The molecule has 3 nitrogen and oxygen atoms in total. The molecule has 2 fully saturated rings. The van der Waals surface area contributed by atoms with Crippen molar-refractivity contribution in [3.05, 3.63) is 18.2 Å². The van der Waals surface area contributed by atoms with Gasteiger partial charge in [0.05, 0.1) is 6.33 Å². The molecule has 0 spiro atoms. The molecule has 0 aliphatic carbocycles. The first-order chi connectivity index (χ1) is 8.45. The molecule has 1 aromatic rings. The van der Waals surface area contributed by atoms with Gasteiger partial charge in [0.15, 0.2) is 0 Å². The number of hydrogen-bond donors (Lipinski definition) is 1. The molecule has 0 aromatic carbocycles. The largest absolute Gasteiger partial charge is 0.331 e. The number of aromatic nitrogens is 2. The fourth-order valence-corrected chi connectivity index (χ4v) is 4.09. The number of thioether (sulfide) groups is 1. The van der Waals surface area contributed by atoms with Crippen LogP contribution in [0.15, 0.2) is 12.5 Å². The van der Waals surface area contributed by atoms with Gasteiger partial charge in [-0.25, -0.2) is 4.98 Å². The first-order valence-corrected chi connectivity index (χ1v) is 7.91. The maximum Gasteiger partial charge on any atom is 0.0950 e. The van der Waals surface area contributed by atoms with Gasteiger partial charge in [-0.2, -0.15) is 11.8 Å². The number of rotatable bonds is 2. The Morgan fingerprint density at radius 1 is 1.29 bits per heavy atom. The van der Waals surface area contributed by atoms with Crippen LogP contribution in [-0.4, -0.2) is 34.1 Å². The number of imidazole rings is 1. The highest BCUT2D eigenvalue weighted by Gasteiger charge is 2.23. The van der Waals surface area contributed by atoms with Crippen LogP contribution in [0.25, 0.3) is 0 Å². The number of nitrogens with zero attached hydrogens (tertiary/aromatic N) is 2. The van der Waals surface area contributed by atoms with Crippen LogP contribution in [0.4, 0.5) is 0 Å². The molecule has 2 aliphatic rings. The van der Waals surface area contributed by atoms with Crippen molar-refractivity contribution in [1.82, 2.24) is 14.9 Å². The summed E-state index contributed by atoms with van der Waals surface area (Å²) in [6.07, 6.45) is 9.41. The Morgan fingerprint density at radius 2 is 2.18 bits per heavy atom. The Hall–Kier alpha value is -0.480. The minimum Gasteiger partial charge on any atom is -0.331 e. The van der Waals surface area contributed by atoms with E-state index >= 15 is 0 Å². The third-order valence-corrected chi connectivity index (χ3v) is 5.04. The van der Waals surface area contributed by atoms with E-state index in [2.05, 4.69) is 39.2 Å². The molecule has 17 heavy (non-hydrogen) atoms. The molecular formula is C13H21N3S. The third-order valence-electron chi connectivity index (χ3n) is 4.00. The molecule has 2 aliphatic heterocycles. The van der Waals surface area contributed by atoms with E-state index in [4.69, 9.17) is 0 Å². The highest BCUT2D eigenvalue weighted by Crippen LogP contribution is 2.31. The molecule has 0 saturated carbocycles. The van der Waals surface area contributed by atoms with Crippen LogP contribution in [0.2, 0.25) is 0 Å². The van der Waals surface area contributed by atoms with Gasteiger partial charge in [-0.3, -0.25) is 0 Å². The lowest BCUT2D eigenvalue weighted by Crippen LogP contribution is -2.30. The van der Waals surface area contributed by atoms with Gasteiger partial charge in [0.25, 0.3) is 0 Å². The Balaban J connectivity index is 1.77. The maximum atomic E-state index is 4.40. The van der Waals surface area contributed by atoms with Crippen LogP contribution in [0.3, 0.4) is 0 Å². The SMILES string of the molecule is c1ncn(C2CCSCC2)c1C1CCCNC1. The van der Waals surface area contributed by atoms with Crippen LogP contribution in [0.1, 0.15) is 43.3 Å². The normalized spacial score (nSPS) is 27.2. The van der Waals surface area contributed by atoms with Gasteiger partial charge in [-0.1, -0.05) is 0 Å². The summed E-state index contributed by atoms with van der Waals surface area (Å²) >= 11 is 2.09. The van der Waals surface area contributed by atoms with Crippen molar-refractivity contribution in [2.24, 2.45) is 0 Å². The van der Waals surface area contributed by atoms with E-state index in [9.17, 15) is 0 Å². The Kier molecular flexibility index (Phi) is 3.71. The summed E-state index contributed by atoms with van der Waals surface area (Å²) in [7, 11) is 0. The first-order valence-electron chi connectivity index (χ1n) is 6.75. The Bertz CT molecular complexity index is 319. The fourth-order valence-electron chi connectivity index (χ4n) is 3.00. The summed E-state index contributed by atoms with van der Waals surface area (Å²) in [5, 5.41) is 3.51. The lowest BCUT2D eigenvalue weighted by Gasteiger charge is -2.29. The summed E-state index contributed by atoms with van der Waals surface area (Å²) in [5.41, 5.74) is 1.47. The molecule has 1 aromatic heterocycles. The van der Waals surface area contributed by atoms with Crippen LogP contribution in [-0.2, 0) is 0 Å². The molecule has 4 heteroatoms. The summed E-state index contributed by atoms with van der Waals surface area (Å²) in [4.78, 5) is 4.40. The summed E-state index contributed by atoms with van der Waals surface area (Å²) in [6, 6.07) is 0.704. The quantitative estimate of drug-likeness (QED) is 0.875. The molecule has 1 unspecified atom stereocenters. The van der Waals surface area contributed by atoms with Gasteiger partial charge < -0.3 is 9.88 Å². The number of piperidine rings is 1. The van der Waals surface area contributed by atoms with Crippen molar-refractivity contribution in [1.29, 1.82) is 0 Å². The topological polar surface area (TPSA) is 29.9 Å². The van der Waals surface area contributed by atoms with Crippen LogP contribution in [0, 0.1) is 0 Å². The van der Waals surface area contributed by atoms with Crippen molar-refractivity contribution < 1.29 is 0 Å². The Morgan fingerprint density at radius 3 is 2.94 bits per heavy atom. The molecule has 0 radical (unpaired) electrons. The zero-order valence-corrected chi connectivity index (χ0v) is 11.1. The molecule has 1 atom stereocenters. The molecule has 1 N–H and O–H groups in total. The maximum absolute atomic E-state index is 4.40. The van der Waals surface area contributed by atoms with Crippen LogP contribution >= 0.6 is 11.8 Å². The van der Waals surface area contributed by atoms with Gasteiger partial charge in [0.2, 0.25) is 0 Å². The van der Waals surface area contributed by atoms with E-state index in [1.54, 1.807) is 0 Å². The van der Waals surface area contributed by atoms with Gasteiger partial charge in [0.1, 0.15) is 0 Å². The van der Waals surface area contributed by atoms with Crippen molar-refractivity contribution in [2.75, 3.05) is 24.6 Å². The van der Waals surface area contributed by atoms with E-state index in [-0.39, 0.29) is 0 Å². The van der Waals surface area contributed by atoms with Gasteiger partial charge >= 0.3 is 0 Å². The zero-order chi connectivity index (χ0) is 11.5. The van der Waals surface area contributed by atoms with E-state index < -0.39 is 0 Å². The monoisotopic (exact) mass is 251 g/mol. The fraction of sp³-hybridized carbons (Fsp3) is 0.769. The molecular weight excluding hydrogens is 230 g/mol. The van der Waals surface area contributed by atoms with E-state index in [0.29, 0.717) is 12.0 Å². The molecule has 2 saturated heterocycles. The van der Waals surface area contributed by atoms with E-state index in [1.807, 2.05) is 0 Å². The smallest absolute Gasteiger partial charge is 0.0950 e. The van der Waals surface area contributed by atoms with Crippen molar-refractivity contribution in [2.45, 2.75) is 37.6 Å². The zero-order valence-electron chi connectivity index (χ0n) is 10.3. The molecule has 0 bridgehead atoms. The number of nitrogens with one attached hydrogen (secondary N) is 1. The third kappa shape index (κ3) is 2.52. The van der Waals surface area contributed by atoms with Crippen LogP contribution < -0.4 is 5.32 Å². The highest BCUT2D eigenvalue weighted by molar-refractivity contribution is 7.99. The van der Waals surface area contributed by atoms with Gasteiger partial charge in [0, 0.05) is 30.4 Å². The average molecular weight is 251 g/mol. The minimum atomic E-state index is 0.681. The predicted octanol–water partition coefficient (Wildman–Crippen LogP) is 2.42. The summed E-state index contributed by atoms with van der Waals surface area (Å²) in [6.45, 7) is 2.32. The minimum absolute atomic E-state index is 0.681. The summed E-state index contributed by atoms with van der Waals surface area (Å²) in [5.74, 6) is 3.30. The van der Waals surface area contributed by atoms with Gasteiger partial charge in [-0.15, -0.1) is 0 Å². The summed E-state index contributed by atoms with van der Waals surface area (Å²) < 4.78 is 2.47. The lowest BCUT2D eigenvalue weighted by atomic mass is 9.96.